The van der Waals surface area contributed by atoms with Gasteiger partial charge in [-0.1, -0.05) is 0 Å². The number of aromatic nitrogens is 3. The van der Waals surface area contributed by atoms with Gasteiger partial charge in [0.2, 0.25) is 11.8 Å². The van der Waals surface area contributed by atoms with Crippen LogP contribution in [0.5, 0.6) is 17.4 Å². The Kier molecular flexibility index (Phi) is 6.06. The summed E-state index contributed by atoms with van der Waals surface area (Å²) in [7, 11) is 0. The second kappa shape index (κ2) is 9.08. The molecule has 1 atom stereocenters. The van der Waals surface area contributed by atoms with Crippen molar-refractivity contribution in [2.45, 2.75) is 18.6 Å². The van der Waals surface area contributed by atoms with Crippen molar-refractivity contribution in [1.82, 2.24) is 20.3 Å². The van der Waals surface area contributed by atoms with E-state index in [1.165, 1.54) is 12.1 Å². The van der Waals surface area contributed by atoms with Crippen molar-refractivity contribution >= 4 is 11.7 Å². The van der Waals surface area contributed by atoms with Gasteiger partial charge < -0.3 is 20.1 Å². The quantitative estimate of drug-likeness (QED) is 0.574. The number of halogens is 3. The summed E-state index contributed by atoms with van der Waals surface area (Å²) in [4.78, 5) is 24.4. The Labute approximate surface area is 180 Å². The SMILES string of the molecule is O=C1NCC[C@@H]1Nc1ccnc(-c2ccc(Oc3ccc(OCC(F)(F)F)cn3)cc2)n1. The summed E-state index contributed by atoms with van der Waals surface area (Å²) in [5.74, 6) is 1.64. The molecule has 3 aromatic rings. The van der Waals surface area contributed by atoms with E-state index in [4.69, 9.17) is 4.74 Å². The van der Waals surface area contributed by atoms with Crippen molar-refractivity contribution in [1.29, 1.82) is 0 Å². The van der Waals surface area contributed by atoms with Gasteiger partial charge in [-0.25, -0.2) is 15.0 Å². The molecule has 1 amide bonds. The summed E-state index contributed by atoms with van der Waals surface area (Å²) in [5.41, 5.74) is 0.737. The summed E-state index contributed by atoms with van der Waals surface area (Å²) < 4.78 is 46.8. The summed E-state index contributed by atoms with van der Waals surface area (Å²) in [6.45, 7) is -0.753. The number of carbonyl (C=O) groups is 1. The van der Waals surface area contributed by atoms with Gasteiger partial charge in [0.05, 0.1) is 6.20 Å². The number of hydrogen-bond acceptors (Lipinski definition) is 7. The molecule has 32 heavy (non-hydrogen) atoms. The van der Waals surface area contributed by atoms with Gasteiger partial charge in [-0.05, 0) is 42.8 Å². The monoisotopic (exact) mass is 445 g/mol. The molecule has 0 unspecified atom stereocenters. The van der Waals surface area contributed by atoms with Crippen LogP contribution in [0.3, 0.4) is 0 Å². The molecule has 8 nitrogen and oxygen atoms in total. The van der Waals surface area contributed by atoms with Crippen LogP contribution in [-0.2, 0) is 4.79 Å². The molecule has 1 aliphatic rings. The third-order valence-corrected chi connectivity index (χ3v) is 4.47. The number of hydrogen-bond donors (Lipinski definition) is 2. The highest BCUT2D eigenvalue weighted by molar-refractivity contribution is 5.86. The molecular weight excluding hydrogens is 427 g/mol. The Balaban J connectivity index is 1.38. The number of ether oxygens (including phenoxy) is 2. The van der Waals surface area contributed by atoms with Crippen LogP contribution in [0.25, 0.3) is 11.4 Å². The minimum absolute atomic E-state index is 0.00857. The first-order chi connectivity index (χ1) is 15.4. The number of carbonyl (C=O) groups excluding carboxylic acids is 1. The fraction of sp³-hybridized carbons (Fsp3) is 0.238. The molecule has 0 saturated carbocycles. The lowest BCUT2D eigenvalue weighted by atomic mass is 10.2. The maximum atomic E-state index is 12.2. The molecule has 1 saturated heterocycles. The van der Waals surface area contributed by atoms with Gasteiger partial charge in [-0.15, -0.1) is 0 Å². The molecule has 0 radical (unpaired) electrons. The molecule has 2 aromatic heterocycles. The molecule has 11 heteroatoms. The van der Waals surface area contributed by atoms with Gasteiger partial charge in [-0.2, -0.15) is 13.2 Å². The van der Waals surface area contributed by atoms with Crippen LogP contribution in [-0.4, -0.2) is 46.2 Å². The first-order valence-electron chi connectivity index (χ1n) is 9.67. The van der Waals surface area contributed by atoms with E-state index in [1.807, 2.05) is 0 Å². The molecule has 3 heterocycles. The van der Waals surface area contributed by atoms with Crippen LogP contribution in [0, 0.1) is 0 Å². The highest BCUT2D eigenvalue weighted by atomic mass is 19.4. The van der Waals surface area contributed by atoms with Crippen LogP contribution >= 0.6 is 0 Å². The highest BCUT2D eigenvalue weighted by Crippen LogP contribution is 2.25. The van der Waals surface area contributed by atoms with Crippen molar-refractivity contribution in [2.75, 3.05) is 18.5 Å². The second-order valence-electron chi connectivity index (χ2n) is 6.90. The Bertz CT molecular complexity index is 1080. The Morgan fingerprint density at radius 3 is 2.50 bits per heavy atom. The van der Waals surface area contributed by atoms with Gasteiger partial charge in [0.15, 0.2) is 12.4 Å². The third-order valence-electron chi connectivity index (χ3n) is 4.47. The molecule has 1 aromatic carbocycles. The zero-order valence-electron chi connectivity index (χ0n) is 16.6. The van der Waals surface area contributed by atoms with Crippen LogP contribution in [0.15, 0.2) is 54.9 Å². The van der Waals surface area contributed by atoms with E-state index in [-0.39, 0.29) is 23.6 Å². The zero-order chi connectivity index (χ0) is 22.6. The average Bonchev–Trinajstić information content (AvgIpc) is 3.18. The van der Waals surface area contributed by atoms with E-state index in [2.05, 4.69) is 30.3 Å². The van der Waals surface area contributed by atoms with Crippen molar-refractivity contribution in [3.8, 4) is 28.8 Å². The van der Waals surface area contributed by atoms with Crippen LogP contribution < -0.4 is 20.1 Å². The standard InChI is InChI=1S/C21H18F3N5O3/c22-21(23,24)12-31-15-5-6-18(27-11-15)32-14-3-1-13(2-4-14)19-25-10-8-17(29-19)28-16-7-9-26-20(16)30/h1-6,8,10-11,16H,7,9,12H2,(H,26,30)(H,25,28,29)/t16-/m0/s1. The summed E-state index contributed by atoms with van der Waals surface area (Å²) in [6.07, 6.45) is -0.963. The summed E-state index contributed by atoms with van der Waals surface area (Å²) >= 11 is 0. The molecule has 0 aliphatic carbocycles. The predicted octanol–water partition coefficient (Wildman–Crippen LogP) is 3.57. The van der Waals surface area contributed by atoms with Gasteiger partial charge in [0, 0.05) is 24.4 Å². The zero-order valence-corrected chi connectivity index (χ0v) is 16.6. The van der Waals surface area contributed by atoms with E-state index in [0.29, 0.717) is 30.4 Å². The Hall–Kier alpha value is -3.89. The number of benzene rings is 1. The van der Waals surface area contributed by atoms with Crippen LogP contribution in [0.2, 0.25) is 0 Å². The number of nitrogens with one attached hydrogen (secondary N) is 2. The molecule has 166 valence electrons. The number of nitrogens with zero attached hydrogens (tertiary/aromatic N) is 3. The summed E-state index contributed by atoms with van der Waals surface area (Å²) in [5, 5.41) is 5.86. The second-order valence-corrected chi connectivity index (χ2v) is 6.90. The van der Waals surface area contributed by atoms with E-state index in [0.717, 1.165) is 11.8 Å². The van der Waals surface area contributed by atoms with Gasteiger partial charge in [0.25, 0.3) is 0 Å². The van der Waals surface area contributed by atoms with Crippen molar-refractivity contribution in [3.05, 3.63) is 54.9 Å². The number of anilines is 1. The molecule has 2 N–H and O–H groups in total. The highest BCUT2D eigenvalue weighted by Gasteiger charge is 2.28. The van der Waals surface area contributed by atoms with Crippen molar-refractivity contribution in [2.24, 2.45) is 0 Å². The smallest absolute Gasteiger partial charge is 0.422 e. The lowest BCUT2D eigenvalue weighted by Gasteiger charge is -2.11. The van der Waals surface area contributed by atoms with Gasteiger partial charge in [-0.3, -0.25) is 4.79 Å². The van der Waals surface area contributed by atoms with E-state index < -0.39 is 12.8 Å². The number of amides is 1. The van der Waals surface area contributed by atoms with Gasteiger partial charge in [0.1, 0.15) is 23.4 Å². The maximum absolute atomic E-state index is 12.2. The number of pyridine rings is 1. The van der Waals surface area contributed by atoms with Gasteiger partial charge >= 0.3 is 6.18 Å². The predicted molar refractivity (Wildman–Crippen MR) is 108 cm³/mol. The normalized spacial score (nSPS) is 15.8. The van der Waals surface area contributed by atoms with Crippen LogP contribution in [0.1, 0.15) is 6.42 Å². The number of alkyl halides is 3. The van der Waals surface area contributed by atoms with Crippen molar-refractivity contribution < 1.29 is 27.4 Å². The average molecular weight is 445 g/mol. The van der Waals surface area contributed by atoms with E-state index >= 15 is 0 Å². The minimum Gasteiger partial charge on any atom is -0.483 e. The first-order valence-corrected chi connectivity index (χ1v) is 9.67. The largest absolute Gasteiger partial charge is 0.483 e. The summed E-state index contributed by atoms with van der Waals surface area (Å²) in [6, 6.07) is 11.1. The maximum Gasteiger partial charge on any atom is 0.422 e. The molecule has 1 fully saturated rings. The lowest BCUT2D eigenvalue weighted by molar-refractivity contribution is -0.153. The Morgan fingerprint density at radius 2 is 1.84 bits per heavy atom. The lowest BCUT2D eigenvalue weighted by Crippen LogP contribution is -2.29. The van der Waals surface area contributed by atoms with Crippen molar-refractivity contribution in [3.63, 3.8) is 0 Å². The van der Waals surface area contributed by atoms with E-state index in [9.17, 15) is 18.0 Å². The van der Waals surface area contributed by atoms with E-state index in [1.54, 1.807) is 36.5 Å². The minimum atomic E-state index is -4.42. The molecule has 1 aliphatic heterocycles. The molecule has 4 rings (SSSR count). The topological polar surface area (TPSA) is 98.3 Å². The fourth-order valence-electron chi connectivity index (χ4n) is 2.96. The molecule has 0 bridgehead atoms. The third kappa shape index (κ3) is 5.62. The number of rotatable bonds is 7. The molecular formula is C21H18F3N5O3. The fourth-order valence-corrected chi connectivity index (χ4v) is 2.96. The molecule has 0 spiro atoms. The Morgan fingerprint density at radius 1 is 1.06 bits per heavy atom. The first kappa shape index (κ1) is 21.3. The van der Waals surface area contributed by atoms with Crippen LogP contribution in [0.4, 0.5) is 19.0 Å².